The molecule has 5 nitrogen and oxygen atoms in total. The van der Waals surface area contributed by atoms with Crippen molar-refractivity contribution in [3.63, 3.8) is 0 Å². The normalized spacial score (nSPS) is 26.4. The maximum absolute atomic E-state index is 12.4. The summed E-state index contributed by atoms with van der Waals surface area (Å²) in [6, 6.07) is 0. The number of thioether (sulfide) groups is 1. The zero-order valence-corrected chi connectivity index (χ0v) is 15.0. The Morgan fingerprint density at radius 2 is 1.87 bits per heavy atom. The monoisotopic (exact) mass is 337 g/mol. The summed E-state index contributed by atoms with van der Waals surface area (Å²) in [7, 11) is 0. The fraction of sp³-hybridized carbons (Fsp3) is 0.824. The molecule has 2 fully saturated rings. The molecule has 1 aliphatic heterocycles. The van der Waals surface area contributed by atoms with Crippen LogP contribution >= 0.6 is 11.8 Å². The summed E-state index contributed by atoms with van der Waals surface area (Å²) in [5.74, 6) is 2.95. The molecule has 1 aromatic rings. The van der Waals surface area contributed by atoms with E-state index in [1.165, 1.54) is 37.4 Å². The molecule has 0 radical (unpaired) electrons. The summed E-state index contributed by atoms with van der Waals surface area (Å²) < 4.78 is 5.77. The summed E-state index contributed by atoms with van der Waals surface area (Å²) in [4.78, 5) is 14.4. The maximum atomic E-state index is 12.4. The van der Waals surface area contributed by atoms with Crippen molar-refractivity contribution in [2.24, 2.45) is 11.8 Å². The standard InChI is InChI=1S/C17H27N3O2S/c1-12-8-13(2)10-20(9-12)15(21)11-23-17-19-18-16(22-17)14-6-4-3-5-7-14/h12-14H,3-11H2,1-2H3. The van der Waals surface area contributed by atoms with Gasteiger partial charge in [-0.3, -0.25) is 4.79 Å². The van der Waals surface area contributed by atoms with Gasteiger partial charge in [-0.1, -0.05) is 44.9 Å². The minimum Gasteiger partial charge on any atom is -0.416 e. The largest absolute Gasteiger partial charge is 0.416 e. The van der Waals surface area contributed by atoms with Gasteiger partial charge in [0, 0.05) is 19.0 Å². The summed E-state index contributed by atoms with van der Waals surface area (Å²) in [5.41, 5.74) is 0. The highest BCUT2D eigenvalue weighted by molar-refractivity contribution is 7.99. The number of rotatable bonds is 4. The van der Waals surface area contributed by atoms with Crippen molar-refractivity contribution in [2.75, 3.05) is 18.8 Å². The van der Waals surface area contributed by atoms with Gasteiger partial charge in [-0.15, -0.1) is 10.2 Å². The molecule has 23 heavy (non-hydrogen) atoms. The van der Waals surface area contributed by atoms with Gasteiger partial charge < -0.3 is 9.32 Å². The summed E-state index contributed by atoms with van der Waals surface area (Å²) in [6.45, 7) is 6.19. The van der Waals surface area contributed by atoms with Crippen LogP contribution in [0.2, 0.25) is 0 Å². The van der Waals surface area contributed by atoms with Gasteiger partial charge in [0.1, 0.15) is 0 Å². The molecule has 128 valence electrons. The molecule has 2 unspecified atom stereocenters. The fourth-order valence-corrected chi connectivity index (χ4v) is 4.55. The summed E-state index contributed by atoms with van der Waals surface area (Å²) in [6.07, 6.45) is 7.32. The van der Waals surface area contributed by atoms with Crippen molar-refractivity contribution >= 4 is 17.7 Å². The third kappa shape index (κ3) is 4.49. The lowest BCUT2D eigenvalue weighted by Crippen LogP contribution is -2.43. The van der Waals surface area contributed by atoms with E-state index in [9.17, 15) is 4.79 Å². The molecular weight excluding hydrogens is 310 g/mol. The number of hydrogen-bond donors (Lipinski definition) is 0. The van der Waals surface area contributed by atoms with E-state index >= 15 is 0 Å². The predicted octanol–water partition coefficient (Wildman–Crippen LogP) is 3.71. The molecule has 2 aliphatic rings. The zero-order chi connectivity index (χ0) is 16.2. The smallest absolute Gasteiger partial charge is 0.277 e. The molecule has 1 amide bonds. The van der Waals surface area contributed by atoms with E-state index < -0.39 is 0 Å². The van der Waals surface area contributed by atoms with Crippen LogP contribution in [0.5, 0.6) is 0 Å². The molecule has 2 atom stereocenters. The SMILES string of the molecule is CC1CC(C)CN(C(=O)CSc2nnc(C3CCCCC3)o2)C1. The summed E-state index contributed by atoms with van der Waals surface area (Å²) >= 11 is 1.38. The molecule has 6 heteroatoms. The Morgan fingerprint density at radius 1 is 1.17 bits per heavy atom. The average Bonchev–Trinajstić information content (AvgIpc) is 3.01. The van der Waals surface area contributed by atoms with Crippen LogP contribution in [0.4, 0.5) is 0 Å². The lowest BCUT2D eigenvalue weighted by molar-refractivity contribution is -0.130. The van der Waals surface area contributed by atoms with Crippen LogP contribution in [-0.2, 0) is 4.79 Å². The van der Waals surface area contributed by atoms with Crippen molar-refractivity contribution in [3.05, 3.63) is 5.89 Å². The van der Waals surface area contributed by atoms with Gasteiger partial charge >= 0.3 is 0 Å². The van der Waals surface area contributed by atoms with Gasteiger partial charge in [-0.25, -0.2) is 0 Å². The second-order valence-electron chi connectivity index (χ2n) is 7.27. The number of likely N-dealkylation sites (tertiary alicyclic amines) is 1. The van der Waals surface area contributed by atoms with E-state index in [4.69, 9.17) is 4.42 Å². The highest BCUT2D eigenvalue weighted by atomic mass is 32.2. The van der Waals surface area contributed by atoms with Crippen LogP contribution in [0.3, 0.4) is 0 Å². The molecule has 1 aliphatic carbocycles. The number of piperidine rings is 1. The topological polar surface area (TPSA) is 59.2 Å². The predicted molar refractivity (Wildman–Crippen MR) is 90.4 cm³/mol. The van der Waals surface area contributed by atoms with Gasteiger partial charge in [0.05, 0.1) is 5.75 Å². The van der Waals surface area contributed by atoms with Crippen LogP contribution in [0, 0.1) is 11.8 Å². The Hall–Kier alpha value is -1.04. The van der Waals surface area contributed by atoms with E-state index in [1.54, 1.807) is 0 Å². The first-order valence-electron chi connectivity index (χ1n) is 8.85. The van der Waals surface area contributed by atoms with Crippen molar-refractivity contribution in [1.82, 2.24) is 15.1 Å². The molecule has 0 aromatic carbocycles. The lowest BCUT2D eigenvalue weighted by atomic mass is 9.89. The average molecular weight is 337 g/mol. The number of carbonyl (C=O) groups excluding carboxylic acids is 1. The third-order valence-corrected chi connectivity index (χ3v) is 5.72. The Balaban J connectivity index is 1.50. The van der Waals surface area contributed by atoms with Gasteiger partial charge in [0.15, 0.2) is 0 Å². The number of aromatic nitrogens is 2. The molecule has 3 rings (SSSR count). The molecule has 0 spiro atoms. The van der Waals surface area contributed by atoms with Crippen LogP contribution in [0.15, 0.2) is 9.64 Å². The third-order valence-electron chi connectivity index (χ3n) is 4.92. The second-order valence-corrected chi connectivity index (χ2v) is 8.20. The van der Waals surface area contributed by atoms with Crippen LogP contribution < -0.4 is 0 Å². The first kappa shape index (κ1) is 16.8. The molecule has 0 bridgehead atoms. The molecule has 1 aromatic heterocycles. The maximum Gasteiger partial charge on any atom is 0.277 e. The Morgan fingerprint density at radius 3 is 2.57 bits per heavy atom. The molecule has 1 saturated heterocycles. The van der Waals surface area contributed by atoms with Gasteiger partial charge in [0.2, 0.25) is 11.8 Å². The Labute approximate surface area is 142 Å². The number of nitrogens with zero attached hydrogens (tertiary/aromatic N) is 3. The van der Waals surface area contributed by atoms with Gasteiger partial charge in [-0.05, 0) is 31.1 Å². The lowest BCUT2D eigenvalue weighted by Gasteiger charge is -2.34. The van der Waals surface area contributed by atoms with Gasteiger partial charge in [-0.2, -0.15) is 0 Å². The van der Waals surface area contributed by atoms with E-state index in [0.717, 1.165) is 31.8 Å². The molecule has 0 N–H and O–H groups in total. The fourth-order valence-electron chi connectivity index (χ4n) is 3.87. The van der Waals surface area contributed by atoms with Crippen molar-refractivity contribution < 1.29 is 9.21 Å². The van der Waals surface area contributed by atoms with E-state index in [-0.39, 0.29) is 5.91 Å². The molecular formula is C17H27N3O2S. The Kier molecular flexibility index (Phi) is 5.62. The number of amides is 1. The van der Waals surface area contributed by atoms with Crippen LogP contribution in [-0.4, -0.2) is 39.8 Å². The summed E-state index contributed by atoms with van der Waals surface area (Å²) in [5, 5.41) is 8.84. The Bertz CT molecular complexity index is 518. The molecule has 1 saturated carbocycles. The van der Waals surface area contributed by atoms with Crippen LogP contribution in [0.1, 0.15) is 64.2 Å². The number of carbonyl (C=O) groups is 1. The quantitative estimate of drug-likeness (QED) is 0.784. The second kappa shape index (κ2) is 7.69. The first-order chi connectivity index (χ1) is 11.1. The molecule has 2 heterocycles. The number of hydrogen-bond acceptors (Lipinski definition) is 5. The van der Waals surface area contributed by atoms with Crippen molar-refractivity contribution in [3.8, 4) is 0 Å². The first-order valence-corrected chi connectivity index (χ1v) is 9.84. The highest BCUT2D eigenvalue weighted by Gasteiger charge is 2.26. The van der Waals surface area contributed by atoms with Crippen molar-refractivity contribution in [2.45, 2.75) is 63.5 Å². The zero-order valence-electron chi connectivity index (χ0n) is 14.2. The van der Waals surface area contributed by atoms with Gasteiger partial charge in [0.25, 0.3) is 5.22 Å². The van der Waals surface area contributed by atoms with Crippen molar-refractivity contribution in [1.29, 1.82) is 0 Å². The minimum absolute atomic E-state index is 0.186. The highest BCUT2D eigenvalue weighted by Crippen LogP contribution is 2.33. The minimum atomic E-state index is 0.186. The van der Waals surface area contributed by atoms with E-state index in [1.807, 2.05) is 4.90 Å². The van der Waals surface area contributed by atoms with E-state index in [2.05, 4.69) is 24.0 Å². The van der Waals surface area contributed by atoms with E-state index in [0.29, 0.717) is 28.7 Å². The van der Waals surface area contributed by atoms with Crippen LogP contribution in [0.25, 0.3) is 0 Å².